The van der Waals surface area contributed by atoms with Gasteiger partial charge in [-0.1, -0.05) is 26.0 Å². The number of carboxylic acid groups (broad SMARTS) is 2. The molecule has 1 fully saturated rings. The molecule has 2 rings (SSSR count). The molecule has 0 unspecified atom stereocenters. The average Bonchev–Trinajstić information content (AvgIpc) is 3.73. The molecule has 0 spiro atoms. The van der Waals surface area contributed by atoms with Crippen molar-refractivity contribution >= 4 is 53.3 Å². The molecule has 1 saturated heterocycles. The summed E-state index contributed by atoms with van der Waals surface area (Å²) < 4.78 is 0. The van der Waals surface area contributed by atoms with Crippen LogP contribution in [0.1, 0.15) is 64.9 Å². The van der Waals surface area contributed by atoms with Gasteiger partial charge in [0.05, 0.1) is 31.8 Å². The van der Waals surface area contributed by atoms with E-state index >= 15 is 0 Å². The number of likely N-dealkylation sites (tertiary alicyclic amines) is 1. The van der Waals surface area contributed by atoms with E-state index in [0.29, 0.717) is 18.4 Å². The number of carboxylic acids is 2. The smallest absolute Gasteiger partial charge is 0.326 e. The van der Waals surface area contributed by atoms with Crippen molar-refractivity contribution in [2.24, 2.45) is 17.4 Å². The van der Waals surface area contributed by atoms with E-state index in [1.807, 2.05) is 0 Å². The predicted molar refractivity (Wildman–Crippen MR) is 220 cm³/mol. The van der Waals surface area contributed by atoms with Gasteiger partial charge in [-0.2, -0.15) is 0 Å². The monoisotopic (exact) mass is 895 g/mol. The highest BCUT2D eigenvalue weighted by atomic mass is 16.4. The highest BCUT2D eigenvalue weighted by Gasteiger charge is 2.39. The number of hydrogen-bond acceptors (Lipinski definition) is 15. The number of aromatic hydroxyl groups is 1. The number of phenols is 1. The quantitative estimate of drug-likeness (QED) is 0.0387. The van der Waals surface area contributed by atoms with E-state index in [9.17, 15) is 73.8 Å². The van der Waals surface area contributed by atoms with Gasteiger partial charge in [-0.25, -0.2) is 4.79 Å². The number of hydrogen-bond donors (Lipinski definition) is 14. The van der Waals surface area contributed by atoms with Crippen molar-refractivity contribution in [2.75, 3.05) is 26.3 Å². The zero-order valence-electron chi connectivity index (χ0n) is 35.3. The summed E-state index contributed by atoms with van der Waals surface area (Å²) >= 11 is 0. The third kappa shape index (κ3) is 16.7. The number of carbonyl (C=O) groups is 9. The Bertz CT molecular complexity index is 1760. The van der Waals surface area contributed by atoms with E-state index in [-0.39, 0.29) is 50.4 Å². The number of nitrogens with zero attached hydrogens (tertiary/aromatic N) is 1. The van der Waals surface area contributed by atoms with Crippen LogP contribution in [0.5, 0.6) is 5.75 Å². The Morgan fingerprint density at radius 2 is 1.25 bits per heavy atom. The minimum absolute atomic E-state index is 0.0754. The van der Waals surface area contributed by atoms with E-state index in [1.54, 1.807) is 13.8 Å². The molecule has 7 amide bonds. The van der Waals surface area contributed by atoms with Crippen LogP contribution in [0, 0.1) is 5.92 Å². The fraction of sp³-hybridized carbons (Fsp3) is 0.615. The van der Waals surface area contributed by atoms with E-state index in [1.165, 1.54) is 29.2 Å². The van der Waals surface area contributed by atoms with Crippen molar-refractivity contribution in [3.05, 3.63) is 29.8 Å². The van der Waals surface area contributed by atoms with Gasteiger partial charge in [0.1, 0.15) is 48.0 Å². The second-order valence-electron chi connectivity index (χ2n) is 15.4. The van der Waals surface area contributed by atoms with Gasteiger partial charge in [0.25, 0.3) is 0 Å². The summed E-state index contributed by atoms with van der Waals surface area (Å²) in [5, 5.41) is 72.6. The number of nitrogens with one attached hydrogen (secondary N) is 6. The van der Waals surface area contributed by atoms with Crippen LogP contribution in [-0.2, 0) is 49.6 Å². The number of nitrogens with two attached hydrogens (primary N) is 2. The molecule has 1 heterocycles. The van der Waals surface area contributed by atoms with Gasteiger partial charge in [0.15, 0.2) is 0 Å². The molecule has 0 bridgehead atoms. The number of aliphatic hydroxyl groups excluding tert-OH is 3. The average molecular weight is 896 g/mol. The SMILES string of the molecule is CC(C)[C@H](N)C(=O)N1CCC[C@H]1C(=O)N[C@@H](CC(=O)O)C(=O)N[C@@H](CO)C(=O)N[C@@H](CO)C(=O)N[C@@H](CCCCN)C(=O)N[C@H](C(=O)N[C@@H](Cc1ccc(O)cc1)C(=O)O)[C@@H](C)O. The molecule has 0 aliphatic carbocycles. The molecule has 24 nitrogen and oxygen atoms in total. The summed E-state index contributed by atoms with van der Waals surface area (Å²) in [6, 6.07) is -6.78. The normalized spacial score (nSPS) is 17.4. The van der Waals surface area contributed by atoms with Gasteiger partial charge in [-0.15, -0.1) is 0 Å². The first-order valence-electron chi connectivity index (χ1n) is 20.4. The largest absolute Gasteiger partial charge is 0.508 e. The Balaban J connectivity index is 2.18. The number of aliphatic hydroxyl groups is 3. The second kappa shape index (κ2) is 25.9. The van der Waals surface area contributed by atoms with Crippen molar-refractivity contribution < 1.29 is 73.8 Å². The standard InChI is InChI=1S/C39H61N9O15/c1-19(2)30(41)38(61)48-14-6-8-28(48)36(59)43-24(16-29(53)54)33(56)45-27(18-50)35(58)46-26(17-49)34(57)42-23(7-4-5-13-40)32(55)47-31(20(3)51)37(60)44-25(39(62)63)15-21-9-11-22(52)12-10-21/h9-12,19-20,23-28,30-31,49-52H,4-8,13-18,40-41H2,1-3H3,(H,42,57)(H,43,59)(H,44,60)(H,45,56)(H,46,58)(H,47,55)(H,53,54)(H,62,63)/t20-,23+,24+,25+,26+,27+,28+,30+,31+/m1/s1. The van der Waals surface area contributed by atoms with Crippen LogP contribution in [0.15, 0.2) is 24.3 Å². The molecule has 1 aliphatic heterocycles. The lowest BCUT2D eigenvalue weighted by Crippen LogP contribution is -2.62. The highest BCUT2D eigenvalue weighted by molar-refractivity contribution is 5.98. The third-order valence-electron chi connectivity index (χ3n) is 10.1. The maximum Gasteiger partial charge on any atom is 0.326 e. The first-order chi connectivity index (χ1) is 29.6. The lowest BCUT2D eigenvalue weighted by molar-refractivity contribution is -0.143. The van der Waals surface area contributed by atoms with Crippen LogP contribution in [0.25, 0.3) is 0 Å². The summed E-state index contributed by atoms with van der Waals surface area (Å²) in [7, 11) is 0. The topological polar surface area (TPSA) is 402 Å². The van der Waals surface area contributed by atoms with Crippen molar-refractivity contribution in [3.63, 3.8) is 0 Å². The van der Waals surface area contributed by atoms with E-state index in [0.717, 1.165) is 6.92 Å². The second-order valence-corrected chi connectivity index (χ2v) is 15.4. The number of aliphatic carboxylic acids is 2. The van der Waals surface area contributed by atoms with E-state index in [2.05, 4.69) is 31.9 Å². The number of amides is 7. The van der Waals surface area contributed by atoms with Gasteiger partial charge < -0.3 is 78.9 Å². The Labute approximate surface area is 362 Å². The number of phenolic OH excluding ortho intramolecular Hbond substituents is 1. The molecular weight excluding hydrogens is 834 g/mol. The zero-order valence-corrected chi connectivity index (χ0v) is 35.3. The molecule has 352 valence electrons. The molecule has 0 radical (unpaired) electrons. The van der Waals surface area contributed by atoms with Crippen molar-refractivity contribution in [1.29, 1.82) is 0 Å². The molecule has 1 aromatic rings. The fourth-order valence-electron chi connectivity index (χ4n) is 6.39. The maximum absolute atomic E-state index is 13.5. The van der Waals surface area contributed by atoms with Crippen LogP contribution in [0.4, 0.5) is 0 Å². The summed E-state index contributed by atoms with van der Waals surface area (Å²) in [6.07, 6.45) is -1.70. The Morgan fingerprint density at radius 1 is 0.730 bits per heavy atom. The molecule has 16 N–H and O–H groups in total. The fourth-order valence-corrected chi connectivity index (χ4v) is 6.39. The first kappa shape index (κ1) is 53.2. The van der Waals surface area contributed by atoms with Gasteiger partial charge >= 0.3 is 11.9 Å². The minimum atomic E-state index is -1.88. The lowest BCUT2D eigenvalue weighted by Gasteiger charge is -2.29. The van der Waals surface area contributed by atoms with Crippen LogP contribution >= 0.6 is 0 Å². The molecule has 1 aromatic carbocycles. The van der Waals surface area contributed by atoms with Gasteiger partial charge in [0.2, 0.25) is 41.4 Å². The van der Waals surface area contributed by atoms with Gasteiger partial charge in [-0.05, 0) is 69.2 Å². The molecule has 24 heteroatoms. The van der Waals surface area contributed by atoms with Crippen LogP contribution < -0.4 is 43.4 Å². The maximum atomic E-state index is 13.5. The third-order valence-corrected chi connectivity index (χ3v) is 10.1. The Morgan fingerprint density at radius 3 is 1.75 bits per heavy atom. The number of unbranched alkanes of at least 4 members (excludes halogenated alkanes) is 1. The van der Waals surface area contributed by atoms with Crippen LogP contribution in [0.3, 0.4) is 0 Å². The molecule has 0 saturated carbocycles. The molecule has 63 heavy (non-hydrogen) atoms. The predicted octanol–water partition coefficient (Wildman–Crippen LogP) is -5.13. The first-order valence-corrected chi connectivity index (χ1v) is 20.4. The highest BCUT2D eigenvalue weighted by Crippen LogP contribution is 2.20. The van der Waals surface area contributed by atoms with Gasteiger partial charge in [0, 0.05) is 13.0 Å². The molecular formula is C39H61N9O15. The van der Waals surface area contributed by atoms with Crippen molar-refractivity contribution in [2.45, 2.75) is 120 Å². The molecule has 1 aliphatic rings. The number of benzene rings is 1. The Hall–Kier alpha value is -5.95. The Kier molecular flexibility index (Phi) is 21.8. The van der Waals surface area contributed by atoms with Crippen molar-refractivity contribution in [3.8, 4) is 5.75 Å². The van der Waals surface area contributed by atoms with E-state index in [4.69, 9.17) is 11.5 Å². The number of carbonyl (C=O) groups excluding carboxylic acids is 7. The minimum Gasteiger partial charge on any atom is -0.508 e. The molecule has 9 atom stereocenters. The van der Waals surface area contributed by atoms with E-state index < -0.39 is 127 Å². The van der Waals surface area contributed by atoms with Gasteiger partial charge in [-0.3, -0.25) is 38.4 Å². The van der Waals surface area contributed by atoms with Crippen LogP contribution in [0.2, 0.25) is 0 Å². The van der Waals surface area contributed by atoms with Crippen LogP contribution in [-0.4, -0.2) is 170 Å². The summed E-state index contributed by atoms with van der Waals surface area (Å²) in [5.74, 6) is -10.5. The summed E-state index contributed by atoms with van der Waals surface area (Å²) in [5.41, 5.74) is 12.0. The summed E-state index contributed by atoms with van der Waals surface area (Å²) in [6.45, 7) is 2.75. The lowest BCUT2D eigenvalue weighted by atomic mass is 10.0. The molecule has 0 aromatic heterocycles. The van der Waals surface area contributed by atoms with Crippen molar-refractivity contribution in [1.82, 2.24) is 36.8 Å². The zero-order chi connectivity index (χ0) is 47.6. The summed E-state index contributed by atoms with van der Waals surface area (Å²) in [4.78, 5) is 118. The number of rotatable bonds is 26.